The summed E-state index contributed by atoms with van der Waals surface area (Å²) in [5.74, 6) is -0.0930. The highest BCUT2D eigenvalue weighted by Crippen LogP contribution is 2.23. The second kappa shape index (κ2) is 6.20. The second-order valence-electron chi connectivity index (χ2n) is 5.84. The standard InChI is InChI=1S/C16H19N5O2/c1-11-3-4-13(15(17)22)10-20(11)16(23)12-5-6-14(18-9-12)21-8-2-7-19-21/h2,5-9,11,13H,3-4,10H2,1H3,(H2,17,22)/t11-,13-/m1/s1. The molecule has 1 aliphatic rings. The fraction of sp³-hybridized carbons (Fsp3) is 0.375. The molecule has 0 radical (unpaired) electrons. The number of carbonyl (C=O) groups excluding carboxylic acids is 2. The topological polar surface area (TPSA) is 94.1 Å². The van der Waals surface area contributed by atoms with Crippen LogP contribution in [0.5, 0.6) is 0 Å². The lowest BCUT2D eigenvalue weighted by Gasteiger charge is -2.36. The molecule has 1 saturated heterocycles. The number of hydrogen-bond donors (Lipinski definition) is 1. The van der Waals surface area contributed by atoms with Gasteiger partial charge in [0.05, 0.1) is 11.5 Å². The van der Waals surface area contributed by atoms with E-state index in [4.69, 9.17) is 5.73 Å². The van der Waals surface area contributed by atoms with E-state index < -0.39 is 0 Å². The Morgan fingerprint density at radius 1 is 1.30 bits per heavy atom. The summed E-state index contributed by atoms with van der Waals surface area (Å²) >= 11 is 0. The number of amides is 2. The highest BCUT2D eigenvalue weighted by atomic mass is 16.2. The molecular formula is C16H19N5O2. The third kappa shape index (κ3) is 3.08. The molecule has 0 aliphatic carbocycles. The number of nitrogens with two attached hydrogens (primary N) is 1. The van der Waals surface area contributed by atoms with E-state index in [1.54, 1.807) is 46.4 Å². The van der Waals surface area contributed by atoms with E-state index in [0.717, 1.165) is 12.8 Å². The first-order chi connectivity index (χ1) is 11.1. The van der Waals surface area contributed by atoms with Crippen molar-refractivity contribution >= 4 is 11.8 Å². The molecule has 2 aromatic rings. The average molecular weight is 313 g/mol. The summed E-state index contributed by atoms with van der Waals surface area (Å²) in [6.07, 6.45) is 6.50. The molecule has 0 bridgehead atoms. The highest BCUT2D eigenvalue weighted by molar-refractivity contribution is 5.94. The molecule has 2 amide bonds. The van der Waals surface area contributed by atoms with Crippen molar-refractivity contribution in [2.45, 2.75) is 25.8 Å². The largest absolute Gasteiger partial charge is 0.369 e. The molecule has 0 unspecified atom stereocenters. The van der Waals surface area contributed by atoms with Gasteiger partial charge in [0.25, 0.3) is 5.91 Å². The molecule has 0 saturated carbocycles. The van der Waals surface area contributed by atoms with Crippen LogP contribution in [0.4, 0.5) is 0 Å². The molecule has 7 heteroatoms. The van der Waals surface area contributed by atoms with E-state index in [2.05, 4.69) is 10.1 Å². The van der Waals surface area contributed by atoms with Crippen LogP contribution in [0, 0.1) is 5.92 Å². The maximum absolute atomic E-state index is 12.7. The lowest BCUT2D eigenvalue weighted by atomic mass is 9.92. The van der Waals surface area contributed by atoms with Crippen molar-refractivity contribution < 1.29 is 9.59 Å². The summed E-state index contributed by atoms with van der Waals surface area (Å²) in [6, 6.07) is 5.37. The Bertz CT molecular complexity index is 696. The van der Waals surface area contributed by atoms with Gasteiger partial charge >= 0.3 is 0 Å². The van der Waals surface area contributed by atoms with Gasteiger partial charge in [-0.25, -0.2) is 9.67 Å². The summed E-state index contributed by atoms with van der Waals surface area (Å²) < 4.78 is 1.63. The van der Waals surface area contributed by atoms with Crippen LogP contribution in [0.3, 0.4) is 0 Å². The summed E-state index contributed by atoms with van der Waals surface area (Å²) in [5.41, 5.74) is 5.89. The second-order valence-corrected chi connectivity index (χ2v) is 5.84. The Morgan fingerprint density at radius 3 is 2.74 bits per heavy atom. The maximum atomic E-state index is 12.7. The zero-order valence-corrected chi connectivity index (χ0v) is 12.9. The van der Waals surface area contributed by atoms with Gasteiger partial charge in [0.2, 0.25) is 5.91 Å². The first-order valence-corrected chi connectivity index (χ1v) is 7.62. The maximum Gasteiger partial charge on any atom is 0.255 e. The minimum Gasteiger partial charge on any atom is -0.369 e. The summed E-state index contributed by atoms with van der Waals surface area (Å²) in [6.45, 7) is 2.36. The van der Waals surface area contributed by atoms with E-state index in [1.165, 1.54) is 0 Å². The summed E-state index contributed by atoms with van der Waals surface area (Å²) in [7, 11) is 0. The van der Waals surface area contributed by atoms with Crippen molar-refractivity contribution in [1.82, 2.24) is 19.7 Å². The molecular weight excluding hydrogens is 294 g/mol. The van der Waals surface area contributed by atoms with Crippen molar-refractivity contribution in [1.29, 1.82) is 0 Å². The zero-order valence-electron chi connectivity index (χ0n) is 12.9. The van der Waals surface area contributed by atoms with E-state index in [-0.39, 0.29) is 23.8 Å². The van der Waals surface area contributed by atoms with Gasteiger partial charge in [0, 0.05) is 31.2 Å². The highest BCUT2D eigenvalue weighted by Gasteiger charge is 2.32. The summed E-state index contributed by atoms with van der Waals surface area (Å²) in [4.78, 5) is 30.1. The van der Waals surface area contributed by atoms with Crippen molar-refractivity contribution in [3.63, 3.8) is 0 Å². The third-order valence-electron chi connectivity index (χ3n) is 4.28. The predicted octanol–water partition coefficient (Wildman–Crippen LogP) is 0.993. The molecule has 1 aliphatic heterocycles. The summed E-state index contributed by atoms with van der Waals surface area (Å²) in [5, 5.41) is 4.10. The normalized spacial score (nSPS) is 21.2. The molecule has 120 valence electrons. The molecule has 0 aromatic carbocycles. The number of rotatable bonds is 3. The fourth-order valence-electron chi connectivity index (χ4n) is 2.84. The number of hydrogen-bond acceptors (Lipinski definition) is 4. The minimum atomic E-state index is -0.346. The first kappa shape index (κ1) is 15.2. The number of nitrogens with zero attached hydrogens (tertiary/aromatic N) is 4. The van der Waals surface area contributed by atoms with Crippen molar-refractivity contribution in [2.75, 3.05) is 6.54 Å². The van der Waals surface area contributed by atoms with Crippen LogP contribution in [-0.4, -0.2) is 44.1 Å². The quantitative estimate of drug-likeness (QED) is 0.914. The Labute approximate surface area is 134 Å². The van der Waals surface area contributed by atoms with Gasteiger partial charge in [0.1, 0.15) is 0 Å². The van der Waals surface area contributed by atoms with Gasteiger partial charge < -0.3 is 10.6 Å². The van der Waals surface area contributed by atoms with Gasteiger partial charge in [-0.1, -0.05) is 0 Å². The van der Waals surface area contributed by atoms with Gasteiger partial charge in [0.15, 0.2) is 5.82 Å². The van der Waals surface area contributed by atoms with Crippen molar-refractivity contribution in [3.05, 3.63) is 42.4 Å². The number of likely N-dealkylation sites (tertiary alicyclic amines) is 1. The van der Waals surface area contributed by atoms with Crippen LogP contribution in [0.1, 0.15) is 30.1 Å². The fourth-order valence-corrected chi connectivity index (χ4v) is 2.84. The minimum absolute atomic E-state index is 0.0869. The first-order valence-electron chi connectivity index (χ1n) is 7.62. The zero-order chi connectivity index (χ0) is 16.4. The third-order valence-corrected chi connectivity index (χ3v) is 4.28. The van der Waals surface area contributed by atoms with E-state index >= 15 is 0 Å². The molecule has 7 nitrogen and oxygen atoms in total. The van der Waals surface area contributed by atoms with Gasteiger partial charge in [-0.05, 0) is 38.0 Å². The van der Waals surface area contributed by atoms with Crippen LogP contribution >= 0.6 is 0 Å². The van der Waals surface area contributed by atoms with Crippen LogP contribution in [0.25, 0.3) is 5.82 Å². The van der Waals surface area contributed by atoms with E-state index in [0.29, 0.717) is 17.9 Å². The number of pyridine rings is 1. The lowest BCUT2D eigenvalue weighted by Crippen LogP contribution is -2.48. The van der Waals surface area contributed by atoms with Gasteiger partial charge in [-0.2, -0.15) is 5.10 Å². The number of piperidine rings is 1. The average Bonchev–Trinajstić information content (AvgIpc) is 3.09. The molecule has 23 heavy (non-hydrogen) atoms. The molecule has 2 atom stereocenters. The van der Waals surface area contributed by atoms with Crippen molar-refractivity contribution in [3.8, 4) is 5.82 Å². The van der Waals surface area contributed by atoms with Crippen LogP contribution in [0.15, 0.2) is 36.8 Å². The molecule has 1 fully saturated rings. The smallest absolute Gasteiger partial charge is 0.255 e. The van der Waals surface area contributed by atoms with E-state index in [9.17, 15) is 9.59 Å². The van der Waals surface area contributed by atoms with E-state index in [1.807, 2.05) is 6.92 Å². The van der Waals surface area contributed by atoms with Crippen LogP contribution < -0.4 is 5.73 Å². The van der Waals surface area contributed by atoms with Crippen LogP contribution in [-0.2, 0) is 4.79 Å². The lowest BCUT2D eigenvalue weighted by molar-refractivity contribution is -0.123. The molecule has 0 spiro atoms. The molecule has 2 aromatic heterocycles. The van der Waals surface area contributed by atoms with Crippen LogP contribution in [0.2, 0.25) is 0 Å². The predicted molar refractivity (Wildman–Crippen MR) is 83.8 cm³/mol. The number of carbonyl (C=O) groups is 2. The molecule has 2 N–H and O–H groups in total. The Morgan fingerprint density at radius 2 is 2.13 bits per heavy atom. The number of primary amides is 1. The Hall–Kier alpha value is -2.70. The number of aromatic nitrogens is 3. The monoisotopic (exact) mass is 313 g/mol. The Balaban J connectivity index is 1.77. The van der Waals surface area contributed by atoms with Crippen molar-refractivity contribution in [2.24, 2.45) is 11.7 Å². The van der Waals surface area contributed by atoms with Gasteiger partial charge in [-0.3, -0.25) is 9.59 Å². The molecule has 3 heterocycles. The van der Waals surface area contributed by atoms with Gasteiger partial charge in [-0.15, -0.1) is 0 Å². The Kier molecular flexibility index (Phi) is 4.10. The SMILES string of the molecule is C[C@@H]1CC[C@@H](C(N)=O)CN1C(=O)c1ccc(-n2cccn2)nc1. The molecule has 3 rings (SSSR count).